The summed E-state index contributed by atoms with van der Waals surface area (Å²) in [6.45, 7) is 2.94. The van der Waals surface area contributed by atoms with Gasteiger partial charge in [-0.05, 0) is 47.5 Å². The molecule has 0 radical (unpaired) electrons. The van der Waals surface area contributed by atoms with Crippen molar-refractivity contribution in [3.8, 4) is 11.4 Å². The lowest BCUT2D eigenvalue weighted by molar-refractivity contribution is 0.0954. The van der Waals surface area contributed by atoms with Gasteiger partial charge in [-0.2, -0.15) is 0 Å². The highest BCUT2D eigenvalue weighted by Gasteiger charge is 2.11. The van der Waals surface area contributed by atoms with Crippen LogP contribution < -0.4 is 5.32 Å². The Bertz CT molecular complexity index is 877. The van der Waals surface area contributed by atoms with Gasteiger partial charge in [-0.15, -0.1) is 5.10 Å². The molecule has 0 fully saturated rings. The van der Waals surface area contributed by atoms with Gasteiger partial charge in [0.1, 0.15) is 5.82 Å². The van der Waals surface area contributed by atoms with E-state index in [1.54, 1.807) is 41.1 Å². The third kappa shape index (κ3) is 3.88. The number of aryl methyl sites for hydroxylation is 1. The van der Waals surface area contributed by atoms with Crippen molar-refractivity contribution in [3.63, 3.8) is 0 Å². The third-order valence-corrected chi connectivity index (χ3v) is 3.85. The number of nitrogens with one attached hydrogen (secondary N) is 1. The molecule has 0 saturated heterocycles. The van der Waals surface area contributed by atoms with Gasteiger partial charge in [-0.3, -0.25) is 4.79 Å². The van der Waals surface area contributed by atoms with Gasteiger partial charge < -0.3 is 5.32 Å². The number of carbonyl (C=O) groups is 1. The number of aromatic nitrogens is 4. The molecule has 7 heteroatoms. The predicted molar refractivity (Wildman–Crippen MR) is 91.4 cm³/mol. The topological polar surface area (TPSA) is 72.7 Å². The lowest BCUT2D eigenvalue weighted by atomic mass is 10.1. The number of amides is 1. The Hall–Kier alpha value is -3.09. The second-order valence-corrected chi connectivity index (χ2v) is 5.50. The van der Waals surface area contributed by atoms with Gasteiger partial charge in [0.25, 0.3) is 5.91 Å². The van der Waals surface area contributed by atoms with E-state index in [0.717, 1.165) is 5.56 Å². The van der Waals surface area contributed by atoms with E-state index in [1.165, 1.54) is 6.07 Å². The smallest absolute Gasteiger partial charge is 0.251 e. The summed E-state index contributed by atoms with van der Waals surface area (Å²) in [5.74, 6) is 0.141. The van der Waals surface area contributed by atoms with Gasteiger partial charge in [-0.1, -0.05) is 30.3 Å². The Morgan fingerprint density at radius 3 is 2.84 bits per heavy atom. The zero-order valence-electron chi connectivity index (χ0n) is 13.8. The SMILES string of the molecule is CCn1nnnc1-c1cccc(C(=O)NCCc2ccccc2F)c1. The molecule has 1 aromatic heterocycles. The van der Waals surface area contributed by atoms with Crippen LogP contribution in [-0.4, -0.2) is 32.7 Å². The largest absolute Gasteiger partial charge is 0.352 e. The molecule has 0 atom stereocenters. The Morgan fingerprint density at radius 1 is 1.20 bits per heavy atom. The van der Waals surface area contributed by atoms with E-state index in [-0.39, 0.29) is 11.7 Å². The number of benzene rings is 2. The van der Waals surface area contributed by atoms with Crippen LogP contribution >= 0.6 is 0 Å². The van der Waals surface area contributed by atoms with Crippen LogP contribution in [0.25, 0.3) is 11.4 Å². The summed E-state index contributed by atoms with van der Waals surface area (Å²) < 4.78 is 15.2. The van der Waals surface area contributed by atoms with Crippen molar-refractivity contribution in [1.82, 2.24) is 25.5 Å². The molecule has 0 bridgehead atoms. The third-order valence-electron chi connectivity index (χ3n) is 3.85. The second kappa shape index (κ2) is 7.65. The van der Waals surface area contributed by atoms with Crippen molar-refractivity contribution in [2.75, 3.05) is 6.54 Å². The van der Waals surface area contributed by atoms with Crippen LogP contribution in [0, 0.1) is 5.82 Å². The van der Waals surface area contributed by atoms with Crippen LogP contribution in [-0.2, 0) is 13.0 Å². The second-order valence-electron chi connectivity index (χ2n) is 5.50. The first kappa shape index (κ1) is 16.8. The van der Waals surface area contributed by atoms with E-state index in [2.05, 4.69) is 20.8 Å². The van der Waals surface area contributed by atoms with Gasteiger partial charge in [0, 0.05) is 24.2 Å². The number of carbonyl (C=O) groups excluding carboxylic acids is 1. The predicted octanol–water partition coefficient (Wildman–Crippen LogP) is 2.47. The molecule has 6 nitrogen and oxygen atoms in total. The molecule has 3 aromatic rings. The first-order valence-corrected chi connectivity index (χ1v) is 8.07. The van der Waals surface area contributed by atoms with Crippen LogP contribution in [0.1, 0.15) is 22.8 Å². The lowest BCUT2D eigenvalue weighted by Gasteiger charge is -2.08. The summed E-state index contributed by atoms with van der Waals surface area (Å²) in [5.41, 5.74) is 1.86. The van der Waals surface area contributed by atoms with Crippen LogP contribution in [0.5, 0.6) is 0 Å². The van der Waals surface area contributed by atoms with E-state index in [4.69, 9.17) is 0 Å². The standard InChI is InChI=1S/C18H18FN5O/c1-2-24-17(21-22-23-24)14-7-5-8-15(12-14)18(25)20-11-10-13-6-3-4-9-16(13)19/h3-9,12H,2,10-11H2,1H3,(H,20,25). The van der Waals surface area contributed by atoms with Gasteiger partial charge in [0.2, 0.25) is 0 Å². The maximum Gasteiger partial charge on any atom is 0.251 e. The lowest BCUT2D eigenvalue weighted by Crippen LogP contribution is -2.25. The zero-order chi connectivity index (χ0) is 17.6. The normalized spacial score (nSPS) is 10.6. The molecule has 0 aliphatic rings. The van der Waals surface area contributed by atoms with Crippen LogP contribution in [0.2, 0.25) is 0 Å². The molecule has 0 aliphatic carbocycles. The summed E-state index contributed by atoms with van der Waals surface area (Å²) in [4.78, 5) is 12.3. The van der Waals surface area contributed by atoms with E-state index >= 15 is 0 Å². The van der Waals surface area contributed by atoms with Crippen LogP contribution in [0.15, 0.2) is 48.5 Å². The average molecular weight is 339 g/mol. The van der Waals surface area contributed by atoms with Crippen molar-refractivity contribution in [2.45, 2.75) is 19.9 Å². The summed E-state index contributed by atoms with van der Waals surface area (Å²) in [6.07, 6.45) is 0.437. The fourth-order valence-corrected chi connectivity index (χ4v) is 2.54. The summed E-state index contributed by atoms with van der Waals surface area (Å²) in [5, 5.41) is 14.4. The Kier molecular flexibility index (Phi) is 5.13. The maximum absolute atomic E-state index is 13.6. The first-order chi connectivity index (χ1) is 12.2. The number of rotatable bonds is 6. The fraction of sp³-hybridized carbons (Fsp3) is 0.222. The monoisotopic (exact) mass is 339 g/mol. The van der Waals surface area contributed by atoms with Gasteiger partial charge in [-0.25, -0.2) is 9.07 Å². The molecule has 1 amide bonds. The molecule has 2 aromatic carbocycles. The number of halogens is 1. The Balaban J connectivity index is 1.67. The van der Waals surface area contributed by atoms with E-state index in [0.29, 0.717) is 36.5 Å². The van der Waals surface area contributed by atoms with Crippen molar-refractivity contribution in [2.24, 2.45) is 0 Å². The maximum atomic E-state index is 13.6. The minimum atomic E-state index is -0.259. The molecule has 0 aliphatic heterocycles. The van der Waals surface area contributed by atoms with Crippen molar-refractivity contribution in [1.29, 1.82) is 0 Å². The van der Waals surface area contributed by atoms with Crippen LogP contribution in [0.4, 0.5) is 4.39 Å². The highest BCUT2D eigenvalue weighted by Crippen LogP contribution is 2.17. The highest BCUT2D eigenvalue weighted by molar-refractivity contribution is 5.95. The molecule has 0 saturated carbocycles. The molecule has 128 valence electrons. The summed E-state index contributed by atoms with van der Waals surface area (Å²) >= 11 is 0. The molecular weight excluding hydrogens is 321 g/mol. The molecule has 3 rings (SSSR count). The van der Waals surface area contributed by atoms with E-state index < -0.39 is 0 Å². The molecular formula is C18H18FN5O. The highest BCUT2D eigenvalue weighted by atomic mass is 19.1. The van der Waals surface area contributed by atoms with Crippen molar-refractivity contribution >= 4 is 5.91 Å². The minimum absolute atomic E-state index is 0.214. The average Bonchev–Trinajstić information content (AvgIpc) is 3.12. The molecule has 0 unspecified atom stereocenters. The van der Waals surface area contributed by atoms with Gasteiger partial charge in [0.15, 0.2) is 5.82 Å². The summed E-state index contributed by atoms with van der Waals surface area (Å²) in [7, 11) is 0. The number of tetrazole rings is 1. The Labute approximate surface area is 144 Å². The molecule has 1 N–H and O–H groups in total. The number of hydrogen-bond donors (Lipinski definition) is 1. The summed E-state index contributed by atoms with van der Waals surface area (Å²) in [6, 6.07) is 13.7. The van der Waals surface area contributed by atoms with E-state index in [9.17, 15) is 9.18 Å². The zero-order valence-corrected chi connectivity index (χ0v) is 13.8. The van der Waals surface area contributed by atoms with Crippen molar-refractivity contribution < 1.29 is 9.18 Å². The fourth-order valence-electron chi connectivity index (χ4n) is 2.54. The number of nitrogens with zero attached hydrogens (tertiary/aromatic N) is 4. The molecule has 25 heavy (non-hydrogen) atoms. The van der Waals surface area contributed by atoms with Gasteiger partial charge in [0.05, 0.1) is 0 Å². The molecule has 1 heterocycles. The minimum Gasteiger partial charge on any atom is -0.352 e. The molecule has 0 spiro atoms. The van der Waals surface area contributed by atoms with E-state index in [1.807, 2.05) is 13.0 Å². The first-order valence-electron chi connectivity index (χ1n) is 8.07. The quantitative estimate of drug-likeness (QED) is 0.749. The van der Waals surface area contributed by atoms with Crippen LogP contribution in [0.3, 0.4) is 0 Å². The Morgan fingerprint density at radius 2 is 2.04 bits per heavy atom. The number of hydrogen-bond acceptors (Lipinski definition) is 4. The van der Waals surface area contributed by atoms with Gasteiger partial charge >= 0.3 is 0 Å². The van der Waals surface area contributed by atoms with Crippen molar-refractivity contribution in [3.05, 3.63) is 65.5 Å².